The Kier molecular flexibility index (Phi) is 3.79. The molecule has 3 N–H and O–H groups in total. The second kappa shape index (κ2) is 5.69. The molecule has 0 atom stereocenters. The molecule has 0 saturated carbocycles. The zero-order valence-corrected chi connectivity index (χ0v) is 10.2. The summed E-state index contributed by atoms with van der Waals surface area (Å²) in [5.41, 5.74) is 2.84. The highest BCUT2D eigenvalue weighted by Gasteiger charge is 2.12. The minimum Gasteiger partial charge on any atom is -0.456 e. The molecule has 0 aliphatic carbocycles. The van der Waals surface area contributed by atoms with Crippen molar-refractivity contribution in [3.05, 3.63) is 58.1 Å². The van der Waals surface area contributed by atoms with E-state index in [1.807, 2.05) is 6.07 Å². The maximum atomic E-state index is 10.8. The van der Waals surface area contributed by atoms with Gasteiger partial charge in [-0.2, -0.15) is 5.26 Å². The van der Waals surface area contributed by atoms with E-state index in [2.05, 4.69) is 5.43 Å². The van der Waals surface area contributed by atoms with Gasteiger partial charge in [-0.1, -0.05) is 12.1 Å². The number of para-hydroxylation sites is 1. The van der Waals surface area contributed by atoms with Crippen LogP contribution in [0.15, 0.2) is 42.5 Å². The molecule has 2 rings (SSSR count). The number of hydrogen-bond acceptors (Lipinski definition) is 6. The van der Waals surface area contributed by atoms with Gasteiger partial charge in [-0.05, 0) is 12.1 Å². The number of nitrogens with one attached hydrogen (secondary N) is 1. The van der Waals surface area contributed by atoms with E-state index in [1.54, 1.807) is 24.3 Å². The SMILES string of the molecule is N#Cc1ccccc1Oc1cc(NN)cc([N+](=O)[O-])c1. The Morgan fingerprint density at radius 2 is 2.05 bits per heavy atom. The summed E-state index contributed by atoms with van der Waals surface area (Å²) in [6.45, 7) is 0. The Hall–Kier alpha value is -3.11. The van der Waals surface area contributed by atoms with Gasteiger partial charge in [0.15, 0.2) is 0 Å². The number of nitro benzene ring substituents is 1. The van der Waals surface area contributed by atoms with Crippen molar-refractivity contribution in [3.8, 4) is 17.6 Å². The van der Waals surface area contributed by atoms with Crippen LogP contribution in [-0.2, 0) is 0 Å². The number of nitro groups is 1. The number of nitrogen functional groups attached to an aromatic ring is 1. The third kappa shape index (κ3) is 2.82. The van der Waals surface area contributed by atoms with Crippen molar-refractivity contribution in [2.24, 2.45) is 5.84 Å². The molecule has 100 valence electrons. The molecule has 0 aliphatic rings. The fraction of sp³-hybridized carbons (Fsp3) is 0. The molecule has 7 nitrogen and oxygen atoms in total. The van der Waals surface area contributed by atoms with E-state index in [4.69, 9.17) is 15.8 Å². The van der Waals surface area contributed by atoms with Crippen molar-refractivity contribution >= 4 is 11.4 Å². The molecule has 0 spiro atoms. The first-order valence-corrected chi connectivity index (χ1v) is 5.57. The topological polar surface area (TPSA) is 114 Å². The summed E-state index contributed by atoms with van der Waals surface area (Å²) in [4.78, 5) is 10.3. The van der Waals surface area contributed by atoms with E-state index in [9.17, 15) is 10.1 Å². The Labute approximate surface area is 114 Å². The minimum absolute atomic E-state index is 0.162. The van der Waals surface area contributed by atoms with Crippen LogP contribution in [0.4, 0.5) is 11.4 Å². The van der Waals surface area contributed by atoms with Gasteiger partial charge in [0.2, 0.25) is 0 Å². The van der Waals surface area contributed by atoms with Crippen molar-refractivity contribution in [2.45, 2.75) is 0 Å². The summed E-state index contributed by atoms with van der Waals surface area (Å²) in [6.07, 6.45) is 0. The molecular formula is C13H10N4O3. The van der Waals surface area contributed by atoms with E-state index in [0.29, 0.717) is 17.0 Å². The van der Waals surface area contributed by atoms with Gasteiger partial charge in [0, 0.05) is 12.1 Å². The molecule has 0 aliphatic heterocycles. The molecule has 20 heavy (non-hydrogen) atoms. The van der Waals surface area contributed by atoms with Crippen LogP contribution >= 0.6 is 0 Å². The monoisotopic (exact) mass is 270 g/mol. The van der Waals surface area contributed by atoms with Crippen LogP contribution in [0.2, 0.25) is 0 Å². The fourth-order valence-electron chi connectivity index (χ4n) is 1.61. The number of ether oxygens (including phenoxy) is 1. The van der Waals surface area contributed by atoms with E-state index < -0.39 is 4.92 Å². The third-order valence-electron chi connectivity index (χ3n) is 2.50. The number of anilines is 1. The van der Waals surface area contributed by atoms with Crippen molar-refractivity contribution in [3.63, 3.8) is 0 Å². The molecule has 0 amide bonds. The van der Waals surface area contributed by atoms with Crippen molar-refractivity contribution in [1.82, 2.24) is 0 Å². The molecule has 0 saturated heterocycles. The van der Waals surface area contributed by atoms with E-state index in [1.165, 1.54) is 18.2 Å². The second-order valence-electron chi connectivity index (χ2n) is 3.83. The largest absolute Gasteiger partial charge is 0.456 e. The summed E-state index contributed by atoms with van der Waals surface area (Å²) in [5.74, 6) is 5.79. The Morgan fingerprint density at radius 1 is 1.30 bits per heavy atom. The zero-order chi connectivity index (χ0) is 14.5. The highest BCUT2D eigenvalue weighted by Crippen LogP contribution is 2.30. The van der Waals surface area contributed by atoms with Crippen LogP contribution in [0.5, 0.6) is 11.5 Å². The van der Waals surface area contributed by atoms with Crippen LogP contribution < -0.4 is 16.0 Å². The minimum atomic E-state index is -0.552. The first kappa shape index (κ1) is 13.3. The van der Waals surface area contributed by atoms with Crippen molar-refractivity contribution < 1.29 is 9.66 Å². The summed E-state index contributed by atoms with van der Waals surface area (Å²) in [5, 5.41) is 19.8. The van der Waals surface area contributed by atoms with Gasteiger partial charge < -0.3 is 10.2 Å². The van der Waals surface area contributed by atoms with Crippen LogP contribution in [0.3, 0.4) is 0 Å². The molecule has 0 unspecified atom stereocenters. The molecule has 7 heteroatoms. The average Bonchev–Trinajstić information content (AvgIpc) is 2.47. The van der Waals surface area contributed by atoms with Crippen molar-refractivity contribution in [2.75, 3.05) is 5.43 Å². The first-order valence-electron chi connectivity index (χ1n) is 5.57. The van der Waals surface area contributed by atoms with Gasteiger partial charge in [0.25, 0.3) is 5.69 Å². The molecule has 2 aromatic rings. The van der Waals surface area contributed by atoms with E-state index in [0.717, 1.165) is 0 Å². The lowest BCUT2D eigenvalue weighted by molar-refractivity contribution is -0.384. The van der Waals surface area contributed by atoms with Gasteiger partial charge in [-0.25, -0.2) is 0 Å². The quantitative estimate of drug-likeness (QED) is 0.501. The van der Waals surface area contributed by atoms with E-state index >= 15 is 0 Å². The maximum Gasteiger partial charge on any atom is 0.275 e. The normalized spacial score (nSPS) is 9.60. The third-order valence-corrected chi connectivity index (χ3v) is 2.50. The van der Waals surface area contributed by atoms with Gasteiger partial charge in [0.1, 0.15) is 17.6 Å². The van der Waals surface area contributed by atoms with E-state index in [-0.39, 0.29) is 11.4 Å². The van der Waals surface area contributed by atoms with Crippen molar-refractivity contribution in [1.29, 1.82) is 5.26 Å². The molecule has 2 aromatic carbocycles. The fourth-order valence-corrected chi connectivity index (χ4v) is 1.61. The lowest BCUT2D eigenvalue weighted by Crippen LogP contribution is -2.07. The number of nitrogens with two attached hydrogens (primary N) is 1. The predicted octanol–water partition coefficient (Wildman–Crippen LogP) is 2.54. The Balaban J connectivity index is 2.40. The lowest BCUT2D eigenvalue weighted by Gasteiger charge is -2.08. The number of non-ortho nitro benzene ring substituents is 1. The lowest BCUT2D eigenvalue weighted by atomic mass is 10.2. The number of nitriles is 1. The number of rotatable bonds is 4. The molecular weight excluding hydrogens is 260 g/mol. The van der Waals surface area contributed by atoms with Crippen LogP contribution in [0, 0.1) is 21.4 Å². The van der Waals surface area contributed by atoms with Gasteiger partial charge in [-0.15, -0.1) is 0 Å². The number of nitrogens with zero attached hydrogens (tertiary/aromatic N) is 2. The Bertz CT molecular complexity index is 694. The zero-order valence-electron chi connectivity index (χ0n) is 10.2. The smallest absolute Gasteiger partial charge is 0.275 e. The summed E-state index contributed by atoms with van der Waals surface area (Å²) in [7, 11) is 0. The molecule has 0 radical (unpaired) electrons. The first-order chi connectivity index (χ1) is 9.63. The highest BCUT2D eigenvalue weighted by atomic mass is 16.6. The molecule has 0 fully saturated rings. The van der Waals surface area contributed by atoms with Crippen LogP contribution in [0.1, 0.15) is 5.56 Å². The summed E-state index contributed by atoms with van der Waals surface area (Å²) in [6, 6.07) is 12.6. The molecule has 0 heterocycles. The van der Waals surface area contributed by atoms with Crippen LogP contribution in [0.25, 0.3) is 0 Å². The Morgan fingerprint density at radius 3 is 2.70 bits per heavy atom. The second-order valence-corrected chi connectivity index (χ2v) is 3.83. The average molecular weight is 270 g/mol. The van der Waals surface area contributed by atoms with Gasteiger partial charge in [0.05, 0.1) is 22.2 Å². The molecule has 0 aromatic heterocycles. The maximum absolute atomic E-state index is 10.8. The summed E-state index contributed by atoms with van der Waals surface area (Å²) >= 11 is 0. The highest BCUT2D eigenvalue weighted by molar-refractivity contribution is 5.57. The number of hydrogen-bond donors (Lipinski definition) is 2. The standard InChI is InChI=1S/C13H10N4O3/c14-8-9-3-1-2-4-13(9)20-12-6-10(16-15)5-11(7-12)17(18)19/h1-7,16H,15H2. The predicted molar refractivity (Wildman–Crippen MR) is 72.1 cm³/mol. The van der Waals surface area contributed by atoms with Gasteiger partial charge in [-0.3, -0.25) is 16.0 Å². The van der Waals surface area contributed by atoms with Gasteiger partial charge >= 0.3 is 0 Å². The number of benzene rings is 2. The van der Waals surface area contributed by atoms with Crippen LogP contribution in [-0.4, -0.2) is 4.92 Å². The number of hydrazine groups is 1. The summed E-state index contributed by atoms with van der Waals surface area (Å²) < 4.78 is 5.51. The molecule has 0 bridgehead atoms.